The van der Waals surface area contributed by atoms with Crippen molar-refractivity contribution in [3.63, 3.8) is 0 Å². The summed E-state index contributed by atoms with van der Waals surface area (Å²) in [4.78, 5) is 38.2. The van der Waals surface area contributed by atoms with E-state index >= 15 is 0 Å². The predicted molar refractivity (Wildman–Crippen MR) is 115 cm³/mol. The average molecular weight is 415 g/mol. The first-order valence-corrected chi connectivity index (χ1v) is 10.7. The van der Waals surface area contributed by atoms with E-state index in [-0.39, 0.29) is 11.9 Å². The monoisotopic (exact) mass is 414 g/mol. The van der Waals surface area contributed by atoms with Crippen LogP contribution in [0.1, 0.15) is 37.8 Å². The fraction of sp³-hybridized carbons (Fsp3) is 0.381. The van der Waals surface area contributed by atoms with Crippen molar-refractivity contribution < 1.29 is 14.4 Å². The Labute approximate surface area is 174 Å². The van der Waals surface area contributed by atoms with Crippen LogP contribution in [0.4, 0.5) is 11.4 Å². The number of benzene rings is 1. The van der Waals surface area contributed by atoms with E-state index < -0.39 is 11.8 Å². The highest BCUT2D eigenvalue weighted by atomic mass is 32.1. The van der Waals surface area contributed by atoms with Gasteiger partial charge in [-0.05, 0) is 66.5 Å². The summed E-state index contributed by atoms with van der Waals surface area (Å²) in [6.07, 6.45) is 3.54. The lowest BCUT2D eigenvalue weighted by molar-refractivity contribution is -0.136. The van der Waals surface area contributed by atoms with Gasteiger partial charge in [0, 0.05) is 24.8 Å². The van der Waals surface area contributed by atoms with E-state index in [1.54, 1.807) is 35.6 Å². The molecule has 1 unspecified atom stereocenters. The molecule has 1 aliphatic heterocycles. The molecule has 154 valence electrons. The van der Waals surface area contributed by atoms with E-state index in [9.17, 15) is 14.4 Å². The topological polar surface area (TPSA) is 90.5 Å². The minimum atomic E-state index is -0.729. The molecule has 0 saturated carbocycles. The number of rotatable bonds is 6. The zero-order valence-electron chi connectivity index (χ0n) is 16.4. The van der Waals surface area contributed by atoms with Crippen molar-refractivity contribution in [2.45, 2.75) is 32.2 Å². The molecule has 1 atom stereocenters. The maximum absolute atomic E-state index is 12.4. The number of piperidine rings is 1. The molecular formula is C21H26N4O3S. The Bertz CT molecular complexity index is 847. The zero-order chi connectivity index (χ0) is 20.6. The van der Waals surface area contributed by atoms with Crippen LogP contribution in [0, 0.1) is 0 Å². The van der Waals surface area contributed by atoms with E-state index in [1.165, 1.54) is 18.9 Å². The molecule has 1 aromatic heterocycles. The first-order chi connectivity index (χ1) is 14.0. The standard InChI is InChI=1S/C21H26N4O3S/c1-15(26)23-17-6-5-7-18(12-17)24-21(28)20(27)22-13-19(16-8-11-29-14-16)25-9-3-2-4-10-25/h5-8,11-12,14,19H,2-4,9-10,13H2,1H3,(H,22,27)(H,23,26)(H,24,28). The molecule has 0 bridgehead atoms. The molecule has 0 aliphatic carbocycles. The van der Waals surface area contributed by atoms with E-state index in [0.717, 1.165) is 25.9 Å². The third-order valence-corrected chi connectivity index (χ3v) is 5.56. The predicted octanol–water partition coefficient (Wildman–Crippen LogP) is 2.99. The molecular weight excluding hydrogens is 388 g/mol. The molecule has 0 spiro atoms. The van der Waals surface area contributed by atoms with Crippen molar-refractivity contribution in [1.29, 1.82) is 0 Å². The summed E-state index contributed by atoms with van der Waals surface area (Å²) < 4.78 is 0. The van der Waals surface area contributed by atoms with Crippen LogP contribution in [0.15, 0.2) is 41.1 Å². The van der Waals surface area contributed by atoms with Gasteiger partial charge in [-0.2, -0.15) is 11.3 Å². The van der Waals surface area contributed by atoms with E-state index in [2.05, 4.69) is 32.3 Å². The number of hydrogen-bond acceptors (Lipinski definition) is 5. The molecule has 1 saturated heterocycles. The second-order valence-electron chi connectivity index (χ2n) is 7.10. The molecule has 3 N–H and O–H groups in total. The first-order valence-electron chi connectivity index (χ1n) is 9.76. The summed E-state index contributed by atoms with van der Waals surface area (Å²) in [6.45, 7) is 3.79. The Hall–Kier alpha value is -2.71. The number of anilines is 2. The maximum Gasteiger partial charge on any atom is 0.313 e. The number of amides is 3. The average Bonchev–Trinajstić information content (AvgIpc) is 3.23. The number of nitrogens with one attached hydrogen (secondary N) is 3. The van der Waals surface area contributed by atoms with Gasteiger partial charge < -0.3 is 16.0 Å². The second kappa shape index (κ2) is 10.2. The van der Waals surface area contributed by atoms with Gasteiger partial charge in [0.1, 0.15) is 0 Å². The van der Waals surface area contributed by atoms with Crippen LogP contribution in [0.5, 0.6) is 0 Å². The van der Waals surface area contributed by atoms with Crippen molar-refractivity contribution in [1.82, 2.24) is 10.2 Å². The summed E-state index contributed by atoms with van der Waals surface area (Å²) >= 11 is 1.63. The number of carbonyl (C=O) groups excluding carboxylic acids is 3. The van der Waals surface area contributed by atoms with Gasteiger partial charge in [0.15, 0.2) is 0 Å². The highest BCUT2D eigenvalue weighted by Crippen LogP contribution is 2.25. The summed E-state index contributed by atoms with van der Waals surface area (Å²) in [7, 11) is 0. The lowest BCUT2D eigenvalue weighted by Crippen LogP contribution is -2.43. The minimum absolute atomic E-state index is 0.0707. The van der Waals surface area contributed by atoms with Gasteiger partial charge in [0.05, 0.1) is 6.04 Å². The molecule has 1 aliphatic rings. The SMILES string of the molecule is CC(=O)Nc1cccc(NC(=O)C(=O)NCC(c2ccsc2)N2CCCCC2)c1. The van der Waals surface area contributed by atoms with Crippen molar-refractivity contribution >= 4 is 40.4 Å². The molecule has 1 aromatic carbocycles. The molecule has 2 heterocycles. The highest BCUT2D eigenvalue weighted by Gasteiger charge is 2.24. The lowest BCUT2D eigenvalue weighted by Gasteiger charge is -2.34. The quantitative estimate of drug-likeness (QED) is 0.634. The van der Waals surface area contributed by atoms with Crippen LogP contribution in [0.25, 0.3) is 0 Å². The second-order valence-corrected chi connectivity index (χ2v) is 7.88. The van der Waals surface area contributed by atoms with Gasteiger partial charge in [-0.15, -0.1) is 0 Å². The van der Waals surface area contributed by atoms with Gasteiger partial charge in [-0.1, -0.05) is 12.5 Å². The van der Waals surface area contributed by atoms with E-state index in [4.69, 9.17) is 0 Å². The van der Waals surface area contributed by atoms with Gasteiger partial charge >= 0.3 is 11.8 Å². The molecule has 1 fully saturated rings. The van der Waals surface area contributed by atoms with E-state index in [1.807, 2.05) is 5.38 Å². The molecule has 7 nitrogen and oxygen atoms in total. The van der Waals surface area contributed by atoms with Crippen molar-refractivity contribution in [3.05, 3.63) is 46.7 Å². The zero-order valence-corrected chi connectivity index (χ0v) is 17.3. The van der Waals surface area contributed by atoms with Gasteiger partial charge in [-0.25, -0.2) is 0 Å². The Morgan fingerprint density at radius 2 is 1.76 bits per heavy atom. The maximum atomic E-state index is 12.4. The number of thiophene rings is 1. The lowest BCUT2D eigenvalue weighted by atomic mass is 10.0. The van der Waals surface area contributed by atoms with Gasteiger partial charge in [-0.3, -0.25) is 19.3 Å². The number of likely N-dealkylation sites (tertiary alicyclic amines) is 1. The van der Waals surface area contributed by atoms with Crippen molar-refractivity contribution in [2.24, 2.45) is 0 Å². The third-order valence-electron chi connectivity index (χ3n) is 4.86. The molecule has 29 heavy (non-hydrogen) atoms. The van der Waals surface area contributed by atoms with Gasteiger partial charge in [0.2, 0.25) is 5.91 Å². The normalized spacial score (nSPS) is 15.3. The Morgan fingerprint density at radius 1 is 1.03 bits per heavy atom. The first kappa shape index (κ1) is 21.0. The Kier molecular flexibility index (Phi) is 7.37. The molecule has 0 radical (unpaired) electrons. The number of nitrogens with zero attached hydrogens (tertiary/aromatic N) is 1. The number of carbonyl (C=O) groups is 3. The highest BCUT2D eigenvalue weighted by molar-refractivity contribution is 7.08. The summed E-state index contributed by atoms with van der Waals surface area (Å²) in [5.74, 6) is -1.61. The molecule has 3 amide bonds. The van der Waals surface area contributed by atoms with Crippen LogP contribution < -0.4 is 16.0 Å². The summed E-state index contributed by atoms with van der Waals surface area (Å²) in [5.41, 5.74) is 2.17. The van der Waals surface area contributed by atoms with Crippen LogP contribution >= 0.6 is 11.3 Å². The van der Waals surface area contributed by atoms with E-state index in [0.29, 0.717) is 17.9 Å². The smallest absolute Gasteiger partial charge is 0.313 e. The van der Waals surface area contributed by atoms with Crippen LogP contribution in [-0.2, 0) is 14.4 Å². The Balaban J connectivity index is 1.58. The molecule has 2 aromatic rings. The van der Waals surface area contributed by atoms with Crippen LogP contribution in [0.2, 0.25) is 0 Å². The molecule has 8 heteroatoms. The number of hydrogen-bond donors (Lipinski definition) is 3. The van der Waals surface area contributed by atoms with Crippen molar-refractivity contribution in [2.75, 3.05) is 30.3 Å². The third kappa shape index (κ3) is 6.13. The summed E-state index contributed by atoms with van der Waals surface area (Å²) in [5, 5.41) is 12.1. The van der Waals surface area contributed by atoms with Crippen molar-refractivity contribution in [3.8, 4) is 0 Å². The van der Waals surface area contributed by atoms with Crippen LogP contribution in [-0.4, -0.2) is 42.3 Å². The minimum Gasteiger partial charge on any atom is -0.346 e. The largest absolute Gasteiger partial charge is 0.346 e. The van der Waals surface area contributed by atoms with Gasteiger partial charge in [0.25, 0.3) is 0 Å². The van der Waals surface area contributed by atoms with Crippen LogP contribution in [0.3, 0.4) is 0 Å². The fourth-order valence-corrected chi connectivity index (χ4v) is 4.19. The Morgan fingerprint density at radius 3 is 2.41 bits per heavy atom. The molecule has 3 rings (SSSR count). The summed E-state index contributed by atoms with van der Waals surface area (Å²) in [6, 6.07) is 8.82. The fourth-order valence-electron chi connectivity index (χ4n) is 3.49.